The third-order valence-corrected chi connectivity index (χ3v) is 2.46. The summed E-state index contributed by atoms with van der Waals surface area (Å²) in [6, 6.07) is 5.11. The van der Waals surface area contributed by atoms with Crippen molar-refractivity contribution in [2.24, 2.45) is 0 Å². The molecule has 0 aliphatic carbocycles. The monoisotopic (exact) mass is 270 g/mol. The van der Waals surface area contributed by atoms with Gasteiger partial charge in [-0.15, -0.1) is 0 Å². The number of anilines is 1. The molecule has 6 heteroatoms. The van der Waals surface area contributed by atoms with E-state index in [0.29, 0.717) is 10.7 Å². The molecule has 0 saturated heterocycles. The van der Waals surface area contributed by atoms with E-state index in [1.165, 1.54) is 6.92 Å². The zero-order chi connectivity index (χ0) is 13.7. The van der Waals surface area contributed by atoms with Crippen LogP contribution >= 0.6 is 11.6 Å². The van der Waals surface area contributed by atoms with Crippen LogP contribution in [0, 0.1) is 6.92 Å². The Morgan fingerprint density at radius 2 is 2.06 bits per heavy atom. The number of amides is 2. The Labute approximate surface area is 110 Å². The van der Waals surface area contributed by atoms with E-state index in [9.17, 15) is 9.59 Å². The predicted molar refractivity (Wildman–Crippen MR) is 69.5 cm³/mol. The average molecular weight is 271 g/mol. The normalized spacial score (nSPS) is 11.8. The summed E-state index contributed by atoms with van der Waals surface area (Å²) in [5.74, 6) is -1.63. The number of halogens is 1. The van der Waals surface area contributed by atoms with Crippen LogP contribution in [-0.2, 0) is 9.59 Å². The van der Waals surface area contributed by atoms with E-state index in [2.05, 4.69) is 10.6 Å². The van der Waals surface area contributed by atoms with E-state index in [4.69, 9.17) is 16.7 Å². The number of rotatable bonds is 3. The maximum Gasteiger partial charge on any atom is 0.313 e. The number of benzene rings is 1. The highest BCUT2D eigenvalue weighted by Crippen LogP contribution is 2.22. The average Bonchev–Trinajstić information content (AvgIpc) is 2.30. The van der Waals surface area contributed by atoms with Crippen molar-refractivity contribution in [2.45, 2.75) is 20.0 Å². The van der Waals surface area contributed by atoms with Gasteiger partial charge >= 0.3 is 11.8 Å². The van der Waals surface area contributed by atoms with E-state index < -0.39 is 17.9 Å². The molecule has 98 valence electrons. The zero-order valence-electron chi connectivity index (χ0n) is 10.2. The van der Waals surface area contributed by atoms with Crippen molar-refractivity contribution in [3.63, 3.8) is 0 Å². The second-order valence-corrected chi connectivity index (χ2v) is 4.40. The standard InChI is InChI=1S/C12H15ClN2O3/c1-7-3-4-9(13)10(5-7)15-12(18)11(17)14-6-8(2)16/h3-5,8,16H,6H2,1-2H3,(H,14,17)(H,15,18). The largest absolute Gasteiger partial charge is 0.392 e. The topological polar surface area (TPSA) is 78.4 Å². The molecule has 0 fully saturated rings. The molecular weight excluding hydrogens is 256 g/mol. The van der Waals surface area contributed by atoms with Crippen LogP contribution in [0.4, 0.5) is 5.69 Å². The summed E-state index contributed by atoms with van der Waals surface area (Å²) < 4.78 is 0. The number of aliphatic hydroxyl groups is 1. The molecule has 0 radical (unpaired) electrons. The van der Waals surface area contributed by atoms with Gasteiger partial charge in [-0.1, -0.05) is 17.7 Å². The van der Waals surface area contributed by atoms with Crippen LogP contribution in [0.25, 0.3) is 0 Å². The second-order valence-electron chi connectivity index (χ2n) is 4.00. The number of carbonyl (C=O) groups excluding carboxylic acids is 2. The first-order chi connectivity index (χ1) is 8.40. The minimum atomic E-state index is -0.817. The van der Waals surface area contributed by atoms with Crippen molar-refractivity contribution in [2.75, 3.05) is 11.9 Å². The lowest BCUT2D eigenvalue weighted by Crippen LogP contribution is -2.38. The van der Waals surface area contributed by atoms with Gasteiger partial charge in [-0.25, -0.2) is 0 Å². The smallest absolute Gasteiger partial charge is 0.313 e. The third-order valence-electron chi connectivity index (χ3n) is 2.13. The molecule has 1 unspecified atom stereocenters. The van der Waals surface area contributed by atoms with E-state index >= 15 is 0 Å². The molecule has 1 atom stereocenters. The van der Waals surface area contributed by atoms with Gasteiger partial charge in [-0.3, -0.25) is 9.59 Å². The molecule has 0 aliphatic heterocycles. The highest BCUT2D eigenvalue weighted by atomic mass is 35.5. The Morgan fingerprint density at radius 1 is 1.39 bits per heavy atom. The maximum atomic E-state index is 11.5. The Kier molecular flexibility index (Phi) is 5.12. The molecule has 2 amide bonds. The van der Waals surface area contributed by atoms with E-state index in [-0.39, 0.29) is 6.54 Å². The summed E-state index contributed by atoms with van der Waals surface area (Å²) in [4.78, 5) is 22.9. The fourth-order valence-electron chi connectivity index (χ4n) is 1.23. The molecule has 1 aromatic rings. The highest BCUT2D eigenvalue weighted by Gasteiger charge is 2.15. The molecular formula is C12H15ClN2O3. The van der Waals surface area contributed by atoms with Crippen LogP contribution < -0.4 is 10.6 Å². The van der Waals surface area contributed by atoms with Gasteiger partial charge < -0.3 is 15.7 Å². The molecule has 0 aromatic heterocycles. The lowest BCUT2D eigenvalue weighted by molar-refractivity contribution is -0.136. The van der Waals surface area contributed by atoms with E-state index in [1.54, 1.807) is 18.2 Å². The molecule has 3 N–H and O–H groups in total. The van der Waals surface area contributed by atoms with Gasteiger partial charge in [0.1, 0.15) is 0 Å². The number of carbonyl (C=O) groups is 2. The summed E-state index contributed by atoms with van der Waals surface area (Å²) in [6.45, 7) is 3.38. The van der Waals surface area contributed by atoms with Crippen LogP contribution in [-0.4, -0.2) is 29.6 Å². The molecule has 18 heavy (non-hydrogen) atoms. The molecule has 0 bridgehead atoms. The number of aryl methyl sites for hydroxylation is 1. The second kappa shape index (κ2) is 6.37. The fraction of sp³-hybridized carbons (Fsp3) is 0.333. The number of hydrogen-bond acceptors (Lipinski definition) is 3. The fourth-order valence-corrected chi connectivity index (χ4v) is 1.40. The minimum Gasteiger partial charge on any atom is -0.392 e. The van der Waals surface area contributed by atoms with Gasteiger partial charge in [0.25, 0.3) is 0 Å². The van der Waals surface area contributed by atoms with Gasteiger partial charge in [-0.2, -0.15) is 0 Å². The van der Waals surface area contributed by atoms with Gasteiger partial charge in [0.05, 0.1) is 16.8 Å². The minimum absolute atomic E-state index is 0.0216. The van der Waals surface area contributed by atoms with Crippen molar-refractivity contribution in [1.29, 1.82) is 0 Å². The van der Waals surface area contributed by atoms with Crippen molar-refractivity contribution in [3.8, 4) is 0 Å². The maximum absolute atomic E-state index is 11.5. The van der Waals surface area contributed by atoms with Crippen molar-refractivity contribution in [1.82, 2.24) is 5.32 Å². The van der Waals surface area contributed by atoms with Crippen LogP contribution in [0.2, 0.25) is 5.02 Å². The van der Waals surface area contributed by atoms with Crippen molar-refractivity contribution in [3.05, 3.63) is 28.8 Å². The quantitative estimate of drug-likeness (QED) is 0.720. The Balaban J connectivity index is 2.64. The number of hydrogen-bond donors (Lipinski definition) is 3. The summed E-state index contributed by atoms with van der Waals surface area (Å²) in [7, 11) is 0. The van der Waals surface area contributed by atoms with Gasteiger partial charge in [0.15, 0.2) is 0 Å². The first-order valence-electron chi connectivity index (χ1n) is 5.43. The van der Waals surface area contributed by atoms with Gasteiger partial charge in [0, 0.05) is 6.54 Å². The summed E-state index contributed by atoms with van der Waals surface area (Å²) >= 11 is 5.89. The third kappa shape index (κ3) is 4.35. The summed E-state index contributed by atoms with van der Waals surface area (Å²) in [5, 5.41) is 14.0. The Morgan fingerprint density at radius 3 is 2.67 bits per heavy atom. The molecule has 1 aromatic carbocycles. The molecule has 1 rings (SSSR count). The van der Waals surface area contributed by atoms with E-state index in [1.807, 2.05) is 6.92 Å². The van der Waals surface area contributed by atoms with Gasteiger partial charge in [0.2, 0.25) is 0 Å². The molecule has 0 aliphatic rings. The Hall–Kier alpha value is -1.59. The van der Waals surface area contributed by atoms with Crippen LogP contribution in [0.3, 0.4) is 0 Å². The first-order valence-corrected chi connectivity index (χ1v) is 5.81. The molecule has 0 saturated carbocycles. The van der Waals surface area contributed by atoms with Crippen LogP contribution in [0.1, 0.15) is 12.5 Å². The number of nitrogens with one attached hydrogen (secondary N) is 2. The molecule has 5 nitrogen and oxygen atoms in total. The highest BCUT2D eigenvalue weighted by molar-refractivity contribution is 6.41. The van der Waals surface area contributed by atoms with Gasteiger partial charge in [-0.05, 0) is 31.5 Å². The predicted octanol–water partition coefficient (Wildman–Crippen LogP) is 1.08. The molecule has 0 heterocycles. The number of aliphatic hydroxyl groups excluding tert-OH is 1. The lowest BCUT2D eigenvalue weighted by Gasteiger charge is -2.09. The first kappa shape index (κ1) is 14.5. The summed E-state index contributed by atoms with van der Waals surface area (Å²) in [6.07, 6.45) is -0.704. The summed E-state index contributed by atoms with van der Waals surface area (Å²) in [5.41, 5.74) is 1.30. The van der Waals surface area contributed by atoms with Crippen LogP contribution in [0.5, 0.6) is 0 Å². The van der Waals surface area contributed by atoms with E-state index in [0.717, 1.165) is 5.56 Å². The molecule has 0 spiro atoms. The zero-order valence-corrected chi connectivity index (χ0v) is 10.9. The van der Waals surface area contributed by atoms with Crippen LogP contribution in [0.15, 0.2) is 18.2 Å². The van der Waals surface area contributed by atoms with Crippen molar-refractivity contribution < 1.29 is 14.7 Å². The Bertz CT molecular complexity index is 461. The SMILES string of the molecule is Cc1ccc(Cl)c(NC(=O)C(=O)NCC(C)O)c1. The lowest BCUT2D eigenvalue weighted by atomic mass is 10.2. The van der Waals surface area contributed by atoms with Crippen molar-refractivity contribution >= 4 is 29.1 Å².